The quantitative estimate of drug-likeness (QED) is 0.811. The lowest BCUT2D eigenvalue weighted by Crippen LogP contribution is -2.37. The molecule has 1 heterocycles. The van der Waals surface area contributed by atoms with E-state index in [1.54, 1.807) is 0 Å². The van der Waals surface area contributed by atoms with E-state index in [0.717, 1.165) is 6.42 Å². The van der Waals surface area contributed by atoms with Crippen LogP contribution in [0.3, 0.4) is 0 Å². The Morgan fingerprint density at radius 2 is 2.12 bits per heavy atom. The Hall–Kier alpha value is -1.58. The largest absolute Gasteiger partial charge is 0.349 e. The summed E-state index contributed by atoms with van der Waals surface area (Å²) >= 11 is 0. The SMILES string of the molecule is CCC(C)C(C)NC(=O)c1ccc(=O)[nH]c1. The van der Waals surface area contributed by atoms with Crippen LogP contribution in [-0.4, -0.2) is 16.9 Å². The summed E-state index contributed by atoms with van der Waals surface area (Å²) in [6.07, 6.45) is 2.45. The zero-order chi connectivity index (χ0) is 12.1. The van der Waals surface area contributed by atoms with Gasteiger partial charge in [0.25, 0.3) is 5.91 Å². The van der Waals surface area contributed by atoms with Crippen LogP contribution in [0.25, 0.3) is 0 Å². The molecule has 0 bridgehead atoms. The number of carbonyl (C=O) groups is 1. The van der Waals surface area contributed by atoms with Crippen LogP contribution in [-0.2, 0) is 0 Å². The normalized spacial score (nSPS) is 14.2. The lowest BCUT2D eigenvalue weighted by Gasteiger charge is -2.19. The minimum absolute atomic E-state index is 0.129. The number of pyridine rings is 1. The summed E-state index contributed by atoms with van der Waals surface area (Å²) in [6.45, 7) is 6.17. The standard InChI is InChI=1S/C12H18N2O2/c1-4-8(2)9(3)14-12(16)10-5-6-11(15)13-7-10/h5-9H,4H2,1-3H3,(H,13,15)(H,14,16). The van der Waals surface area contributed by atoms with Gasteiger partial charge in [0.2, 0.25) is 5.56 Å². The molecule has 1 aromatic heterocycles. The maximum Gasteiger partial charge on any atom is 0.252 e. The fourth-order valence-corrected chi connectivity index (χ4v) is 1.34. The Morgan fingerprint density at radius 1 is 1.44 bits per heavy atom. The lowest BCUT2D eigenvalue weighted by atomic mass is 10.0. The second kappa shape index (κ2) is 5.49. The molecule has 4 heteroatoms. The van der Waals surface area contributed by atoms with Gasteiger partial charge in [0, 0.05) is 18.3 Å². The number of nitrogens with one attached hydrogen (secondary N) is 2. The highest BCUT2D eigenvalue weighted by Crippen LogP contribution is 2.07. The highest BCUT2D eigenvalue weighted by molar-refractivity contribution is 5.93. The molecule has 1 rings (SSSR count). The summed E-state index contributed by atoms with van der Waals surface area (Å²) in [7, 11) is 0. The molecule has 16 heavy (non-hydrogen) atoms. The molecular weight excluding hydrogens is 204 g/mol. The van der Waals surface area contributed by atoms with Gasteiger partial charge >= 0.3 is 0 Å². The fraction of sp³-hybridized carbons (Fsp3) is 0.500. The van der Waals surface area contributed by atoms with Gasteiger partial charge in [0.1, 0.15) is 0 Å². The van der Waals surface area contributed by atoms with Crippen molar-refractivity contribution in [2.24, 2.45) is 5.92 Å². The predicted molar refractivity (Wildman–Crippen MR) is 63.4 cm³/mol. The molecule has 0 aliphatic heterocycles. The van der Waals surface area contributed by atoms with Crippen molar-refractivity contribution in [3.63, 3.8) is 0 Å². The van der Waals surface area contributed by atoms with Crippen molar-refractivity contribution in [2.75, 3.05) is 0 Å². The topological polar surface area (TPSA) is 62.0 Å². The minimum atomic E-state index is -0.202. The summed E-state index contributed by atoms with van der Waals surface area (Å²) in [4.78, 5) is 25.1. The Morgan fingerprint density at radius 3 is 2.62 bits per heavy atom. The lowest BCUT2D eigenvalue weighted by molar-refractivity contribution is 0.0927. The molecule has 0 saturated heterocycles. The molecule has 0 spiro atoms. The van der Waals surface area contributed by atoms with Gasteiger partial charge in [-0.25, -0.2) is 0 Å². The smallest absolute Gasteiger partial charge is 0.252 e. The van der Waals surface area contributed by atoms with Crippen LogP contribution in [0, 0.1) is 5.92 Å². The van der Waals surface area contributed by atoms with E-state index in [2.05, 4.69) is 24.1 Å². The molecule has 0 fully saturated rings. The third-order valence-corrected chi connectivity index (χ3v) is 2.90. The molecule has 2 unspecified atom stereocenters. The van der Waals surface area contributed by atoms with Crippen LogP contribution in [0.2, 0.25) is 0 Å². The number of aromatic nitrogens is 1. The predicted octanol–water partition coefficient (Wildman–Crippen LogP) is 1.54. The molecule has 0 radical (unpaired) electrons. The Labute approximate surface area is 95.1 Å². The van der Waals surface area contributed by atoms with Gasteiger partial charge in [0.05, 0.1) is 5.56 Å². The van der Waals surface area contributed by atoms with Gasteiger partial charge in [-0.1, -0.05) is 20.3 Å². The first-order chi connectivity index (χ1) is 7.54. The van der Waals surface area contributed by atoms with Crippen molar-refractivity contribution < 1.29 is 4.79 Å². The molecular formula is C12H18N2O2. The third-order valence-electron chi connectivity index (χ3n) is 2.90. The van der Waals surface area contributed by atoms with Crippen LogP contribution < -0.4 is 10.9 Å². The summed E-state index contributed by atoms with van der Waals surface area (Å²) < 4.78 is 0. The van der Waals surface area contributed by atoms with E-state index >= 15 is 0 Å². The maximum absolute atomic E-state index is 11.8. The second-order valence-corrected chi connectivity index (χ2v) is 4.09. The van der Waals surface area contributed by atoms with Crippen molar-refractivity contribution in [2.45, 2.75) is 33.2 Å². The first-order valence-corrected chi connectivity index (χ1v) is 5.54. The van der Waals surface area contributed by atoms with Crippen molar-refractivity contribution in [1.82, 2.24) is 10.3 Å². The first-order valence-electron chi connectivity index (χ1n) is 5.54. The summed E-state index contributed by atoms with van der Waals surface area (Å²) in [5.74, 6) is 0.288. The van der Waals surface area contributed by atoms with E-state index < -0.39 is 0 Å². The molecule has 4 nitrogen and oxygen atoms in total. The third kappa shape index (κ3) is 3.22. The van der Waals surface area contributed by atoms with Crippen molar-refractivity contribution in [3.8, 4) is 0 Å². The van der Waals surface area contributed by atoms with Gasteiger partial charge in [0.15, 0.2) is 0 Å². The van der Waals surface area contributed by atoms with E-state index in [1.165, 1.54) is 18.3 Å². The average Bonchev–Trinajstić information content (AvgIpc) is 2.28. The molecule has 0 aliphatic carbocycles. The van der Waals surface area contributed by atoms with E-state index in [1.807, 2.05) is 6.92 Å². The molecule has 2 atom stereocenters. The number of carbonyl (C=O) groups excluding carboxylic acids is 1. The van der Waals surface area contributed by atoms with Crippen molar-refractivity contribution >= 4 is 5.91 Å². The molecule has 0 saturated carbocycles. The maximum atomic E-state index is 11.8. The van der Waals surface area contributed by atoms with Crippen LogP contribution >= 0.6 is 0 Å². The van der Waals surface area contributed by atoms with E-state index in [-0.39, 0.29) is 17.5 Å². The number of H-pyrrole nitrogens is 1. The Balaban J connectivity index is 2.65. The average molecular weight is 222 g/mol. The zero-order valence-corrected chi connectivity index (χ0v) is 9.91. The molecule has 88 valence electrons. The van der Waals surface area contributed by atoms with E-state index in [0.29, 0.717) is 11.5 Å². The van der Waals surface area contributed by atoms with Crippen LogP contribution in [0.5, 0.6) is 0 Å². The zero-order valence-electron chi connectivity index (χ0n) is 9.91. The van der Waals surface area contributed by atoms with Crippen LogP contribution in [0.15, 0.2) is 23.1 Å². The first kappa shape index (κ1) is 12.5. The minimum Gasteiger partial charge on any atom is -0.349 e. The Bertz CT molecular complexity index is 391. The van der Waals surface area contributed by atoms with Gasteiger partial charge in [-0.3, -0.25) is 9.59 Å². The molecule has 1 aromatic rings. The summed E-state index contributed by atoms with van der Waals surface area (Å²) in [6, 6.07) is 3.00. The number of hydrogen-bond acceptors (Lipinski definition) is 2. The number of rotatable bonds is 4. The summed E-state index contributed by atoms with van der Waals surface area (Å²) in [5, 5.41) is 2.91. The van der Waals surface area contributed by atoms with Gasteiger partial charge < -0.3 is 10.3 Å². The Kier molecular flexibility index (Phi) is 4.28. The van der Waals surface area contributed by atoms with Crippen LogP contribution in [0.1, 0.15) is 37.6 Å². The highest BCUT2D eigenvalue weighted by Gasteiger charge is 2.14. The van der Waals surface area contributed by atoms with E-state index in [4.69, 9.17) is 0 Å². The van der Waals surface area contributed by atoms with Gasteiger partial charge in [-0.2, -0.15) is 0 Å². The number of hydrogen-bond donors (Lipinski definition) is 2. The number of amides is 1. The van der Waals surface area contributed by atoms with Crippen molar-refractivity contribution in [3.05, 3.63) is 34.2 Å². The van der Waals surface area contributed by atoms with Gasteiger partial charge in [-0.15, -0.1) is 0 Å². The molecule has 2 N–H and O–H groups in total. The molecule has 0 aromatic carbocycles. The fourth-order valence-electron chi connectivity index (χ4n) is 1.34. The van der Waals surface area contributed by atoms with E-state index in [9.17, 15) is 9.59 Å². The summed E-state index contributed by atoms with van der Waals surface area (Å²) in [5.41, 5.74) is 0.279. The second-order valence-electron chi connectivity index (χ2n) is 4.09. The molecule has 0 aliphatic rings. The van der Waals surface area contributed by atoms with Gasteiger partial charge in [-0.05, 0) is 18.9 Å². The molecule has 1 amide bonds. The van der Waals surface area contributed by atoms with Crippen molar-refractivity contribution in [1.29, 1.82) is 0 Å². The highest BCUT2D eigenvalue weighted by atomic mass is 16.2. The monoisotopic (exact) mass is 222 g/mol. The number of aromatic amines is 1. The van der Waals surface area contributed by atoms with Crippen LogP contribution in [0.4, 0.5) is 0 Å².